The highest BCUT2D eigenvalue weighted by molar-refractivity contribution is 8.38. The third-order valence-corrected chi connectivity index (χ3v) is 5.72. The number of hydrogen-bond acceptors (Lipinski definition) is 6. The monoisotopic (exact) mass is 350 g/mol. The lowest BCUT2D eigenvalue weighted by Crippen LogP contribution is -2.30. The molecule has 0 atom stereocenters. The summed E-state index contributed by atoms with van der Waals surface area (Å²) < 4.78 is 6.20. The van der Waals surface area contributed by atoms with E-state index in [0.29, 0.717) is 11.3 Å². The van der Waals surface area contributed by atoms with E-state index in [1.165, 1.54) is 0 Å². The number of esters is 1. The van der Waals surface area contributed by atoms with Crippen molar-refractivity contribution in [3.05, 3.63) is 35.4 Å². The van der Waals surface area contributed by atoms with Gasteiger partial charge in [-0.15, -0.1) is 0 Å². The zero-order chi connectivity index (χ0) is 16.1. The molecule has 1 amide bonds. The topological polar surface area (TPSA) is 67.8 Å². The van der Waals surface area contributed by atoms with Gasteiger partial charge < -0.3 is 10.1 Å². The summed E-state index contributed by atoms with van der Waals surface area (Å²) in [5.74, 6) is 1.02. The second kappa shape index (κ2) is 7.88. The lowest BCUT2D eigenvalue weighted by Gasteiger charge is -2.09. The molecule has 1 N–H and O–H groups in total. The molecule has 0 bridgehead atoms. The second-order valence-corrected chi connectivity index (χ2v) is 7.67. The van der Waals surface area contributed by atoms with Gasteiger partial charge in [0, 0.05) is 17.5 Å². The SMILES string of the molecule is O=C(COC(=O)c1ccccc1CSC1=NCCS1)NC1CC1. The summed E-state index contributed by atoms with van der Waals surface area (Å²) >= 11 is 3.38. The molecular formula is C16H18N2O3S2. The second-order valence-electron chi connectivity index (χ2n) is 5.36. The van der Waals surface area contributed by atoms with Crippen molar-refractivity contribution < 1.29 is 14.3 Å². The fraction of sp³-hybridized carbons (Fsp3) is 0.438. The van der Waals surface area contributed by atoms with Crippen LogP contribution in [-0.4, -0.2) is 41.2 Å². The summed E-state index contributed by atoms with van der Waals surface area (Å²) in [5, 5.41) is 2.80. The molecule has 122 valence electrons. The molecule has 0 saturated heterocycles. The summed E-state index contributed by atoms with van der Waals surface area (Å²) in [6.45, 7) is 0.645. The first kappa shape index (κ1) is 16.4. The maximum atomic E-state index is 12.2. The molecule has 0 radical (unpaired) electrons. The van der Waals surface area contributed by atoms with E-state index in [4.69, 9.17) is 4.74 Å². The molecule has 1 heterocycles. The van der Waals surface area contributed by atoms with Gasteiger partial charge in [0.05, 0.1) is 12.1 Å². The van der Waals surface area contributed by atoms with Crippen molar-refractivity contribution in [3.8, 4) is 0 Å². The summed E-state index contributed by atoms with van der Waals surface area (Å²) in [5.41, 5.74) is 1.42. The molecule has 2 aliphatic rings. The Morgan fingerprint density at radius 3 is 2.91 bits per heavy atom. The van der Waals surface area contributed by atoms with Crippen molar-refractivity contribution in [1.82, 2.24) is 5.32 Å². The Bertz CT molecular complexity index is 630. The Morgan fingerprint density at radius 2 is 2.17 bits per heavy atom. The molecule has 1 aromatic carbocycles. The first-order chi connectivity index (χ1) is 11.2. The third kappa shape index (κ3) is 5.00. The van der Waals surface area contributed by atoms with E-state index in [1.54, 1.807) is 35.7 Å². The minimum Gasteiger partial charge on any atom is -0.452 e. The van der Waals surface area contributed by atoms with Crippen LogP contribution in [0.5, 0.6) is 0 Å². The fourth-order valence-corrected chi connectivity index (χ4v) is 4.11. The fourth-order valence-electron chi connectivity index (χ4n) is 2.09. The molecule has 23 heavy (non-hydrogen) atoms. The Labute approximate surface area is 143 Å². The first-order valence-corrected chi connectivity index (χ1v) is 9.54. The third-order valence-electron chi connectivity index (χ3n) is 3.42. The number of carbonyl (C=O) groups excluding carboxylic acids is 2. The van der Waals surface area contributed by atoms with Gasteiger partial charge in [-0.25, -0.2) is 4.79 Å². The molecule has 0 aromatic heterocycles. The Kier molecular flexibility index (Phi) is 5.61. The molecule has 0 unspecified atom stereocenters. The van der Waals surface area contributed by atoms with Gasteiger partial charge in [0.2, 0.25) is 0 Å². The van der Waals surface area contributed by atoms with Crippen molar-refractivity contribution in [3.63, 3.8) is 0 Å². The van der Waals surface area contributed by atoms with Crippen molar-refractivity contribution >= 4 is 39.8 Å². The molecule has 1 saturated carbocycles. The van der Waals surface area contributed by atoms with Crippen LogP contribution in [0.25, 0.3) is 0 Å². The molecule has 7 heteroatoms. The zero-order valence-corrected chi connectivity index (χ0v) is 14.3. The standard InChI is InChI=1S/C16H18N2O3S2/c19-14(18-12-5-6-12)9-21-15(20)13-4-2-1-3-11(13)10-23-16-17-7-8-22-16/h1-4,12H,5-10H2,(H,18,19). The van der Waals surface area contributed by atoms with E-state index in [-0.39, 0.29) is 18.6 Å². The highest BCUT2D eigenvalue weighted by Gasteiger charge is 2.24. The normalized spacial score (nSPS) is 16.8. The lowest BCUT2D eigenvalue weighted by molar-refractivity contribution is -0.124. The molecule has 1 aliphatic carbocycles. The Morgan fingerprint density at radius 1 is 1.35 bits per heavy atom. The van der Waals surface area contributed by atoms with Gasteiger partial charge in [-0.2, -0.15) is 0 Å². The highest BCUT2D eigenvalue weighted by atomic mass is 32.2. The van der Waals surface area contributed by atoms with Gasteiger partial charge in [0.15, 0.2) is 6.61 Å². The van der Waals surface area contributed by atoms with Gasteiger partial charge in [0.25, 0.3) is 5.91 Å². The van der Waals surface area contributed by atoms with Crippen LogP contribution in [0.15, 0.2) is 29.3 Å². The van der Waals surface area contributed by atoms with Gasteiger partial charge in [-0.3, -0.25) is 9.79 Å². The molecule has 3 rings (SSSR count). The van der Waals surface area contributed by atoms with Gasteiger partial charge in [-0.1, -0.05) is 41.7 Å². The van der Waals surface area contributed by atoms with Gasteiger partial charge in [0.1, 0.15) is 4.38 Å². The number of thioether (sulfide) groups is 2. The van der Waals surface area contributed by atoms with Crippen LogP contribution in [0.1, 0.15) is 28.8 Å². The number of aliphatic imine (C=N–C) groups is 1. The van der Waals surface area contributed by atoms with Crippen molar-refractivity contribution in [1.29, 1.82) is 0 Å². The van der Waals surface area contributed by atoms with Gasteiger partial charge in [-0.05, 0) is 24.5 Å². The molecule has 1 aromatic rings. The van der Waals surface area contributed by atoms with E-state index < -0.39 is 5.97 Å². The summed E-state index contributed by atoms with van der Waals surface area (Å²) in [6, 6.07) is 7.62. The number of rotatable bonds is 6. The van der Waals surface area contributed by atoms with Crippen molar-refractivity contribution in [2.24, 2.45) is 4.99 Å². The first-order valence-electron chi connectivity index (χ1n) is 7.57. The minimum atomic E-state index is -0.451. The number of hydrogen-bond donors (Lipinski definition) is 1. The average Bonchev–Trinajstić information content (AvgIpc) is 3.22. The number of benzene rings is 1. The molecule has 5 nitrogen and oxygen atoms in total. The number of amides is 1. The minimum absolute atomic E-state index is 0.223. The summed E-state index contributed by atoms with van der Waals surface area (Å²) in [6.07, 6.45) is 2.03. The van der Waals surface area contributed by atoms with E-state index >= 15 is 0 Å². The van der Waals surface area contributed by atoms with Crippen LogP contribution >= 0.6 is 23.5 Å². The van der Waals surface area contributed by atoms with Crippen molar-refractivity contribution in [2.75, 3.05) is 18.9 Å². The zero-order valence-electron chi connectivity index (χ0n) is 12.6. The molecule has 1 fully saturated rings. The van der Waals surface area contributed by atoms with Crippen LogP contribution in [-0.2, 0) is 15.3 Å². The number of nitrogens with one attached hydrogen (secondary N) is 1. The predicted octanol–water partition coefficient (Wildman–Crippen LogP) is 2.46. The van der Waals surface area contributed by atoms with E-state index in [0.717, 1.165) is 35.1 Å². The van der Waals surface area contributed by atoms with Crippen molar-refractivity contribution in [2.45, 2.75) is 24.6 Å². The van der Waals surface area contributed by atoms with Crippen LogP contribution in [0.2, 0.25) is 0 Å². The Balaban J connectivity index is 1.54. The van der Waals surface area contributed by atoms with Crippen LogP contribution in [0, 0.1) is 0 Å². The van der Waals surface area contributed by atoms with E-state index in [9.17, 15) is 9.59 Å². The number of ether oxygens (including phenoxy) is 1. The van der Waals surface area contributed by atoms with Crippen LogP contribution < -0.4 is 5.32 Å². The maximum absolute atomic E-state index is 12.2. The maximum Gasteiger partial charge on any atom is 0.338 e. The predicted molar refractivity (Wildman–Crippen MR) is 93.9 cm³/mol. The average molecular weight is 350 g/mol. The largest absolute Gasteiger partial charge is 0.452 e. The lowest BCUT2D eigenvalue weighted by atomic mass is 10.1. The smallest absolute Gasteiger partial charge is 0.338 e. The molecule has 0 spiro atoms. The number of nitrogens with zero attached hydrogens (tertiary/aromatic N) is 1. The van der Waals surface area contributed by atoms with E-state index in [1.807, 2.05) is 12.1 Å². The van der Waals surface area contributed by atoms with E-state index in [2.05, 4.69) is 10.3 Å². The molecular weight excluding hydrogens is 332 g/mol. The highest BCUT2D eigenvalue weighted by Crippen LogP contribution is 2.26. The van der Waals surface area contributed by atoms with Crippen LogP contribution in [0.4, 0.5) is 0 Å². The Hall–Kier alpha value is -1.47. The molecule has 1 aliphatic heterocycles. The van der Waals surface area contributed by atoms with Gasteiger partial charge >= 0.3 is 5.97 Å². The summed E-state index contributed by atoms with van der Waals surface area (Å²) in [7, 11) is 0. The summed E-state index contributed by atoms with van der Waals surface area (Å²) in [4.78, 5) is 28.2. The number of carbonyl (C=O) groups is 2. The quantitative estimate of drug-likeness (QED) is 0.798. The van der Waals surface area contributed by atoms with Crippen LogP contribution in [0.3, 0.4) is 0 Å².